The van der Waals surface area contributed by atoms with Crippen LogP contribution in [0.3, 0.4) is 0 Å². The number of aliphatic carboxylic acids is 1. The number of azo groups is 1. The molecule has 51 heavy (non-hydrogen) atoms. The number of anilines is 1. The number of benzene rings is 1. The van der Waals surface area contributed by atoms with Crippen LogP contribution in [0.5, 0.6) is 5.75 Å². The minimum atomic E-state index is -1.08. The summed E-state index contributed by atoms with van der Waals surface area (Å²) >= 11 is 6.48. The topological polar surface area (TPSA) is 215 Å². The highest BCUT2D eigenvalue weighted by Crippen LogP contribution is 2.30. The number of rotatable bonds is 22. The van der Waals surface area contributed by atoms with E-state index in [1.807, 2.05) is 0 Å². The number of aromatic nitrogens is 3. The molecular weight excluding hydrogens is 701 g/mol. The molecule has 0 aliphatic carbocycles. The molecule has 0 saturated heterocycles. The number of nitrogens with zero attached hydrogens (tertiary/aromatic N) is 6. The van der Waals surface area contributed by atoms with Crippen LogP contribution in [0.15, 0.2) is 40.7 Å². The zero-order valence-electron chi connectivity index (χ0n) is 29.1. The van der Waals surface area contributed by atoms with Crippen molar-refractivity contribution in [2.75, 3.05) is 18.0 Å². The highest BCUT2D eigenvalue weighted by atomic mass is 32.2. The van der Waals surface area contributed by atoms with Crippen molar-refractivity contribution in [2.24, 2.45) is 21.6 Å². The molecule has 0 spiro atoms. The zero-order chi connectivity index (χ0) is 37.6. The van der Waals surface area contributed by atoms with E-state index in [0.717, 1.165) is 11.3 Å². The summed E-state index contributed by atoms with van der Waals surface area (Å²) in [5.41, 5.74) is -0.272. The standard InChI is InChI=1S/C33H44N8O8S2/c1-21(42)27(51-22(2)50)10-8-9-23(17-33(3,4)30(45)46)29(44)35-16-7-5-6-15-34-28(43)19-40-18-24(36-39-40)20-49-26-13-11-25(12-14-26)41-31(47)37-38-32(41)48/h11-14,18,23,27H,5-10,15-17,19-20H2,1-4H3,(H,34,43)(H,35,44)(H,45,46). The largest absolute Gasteiger partial charge is 0.487 e. The monoisotopic (exact) mass is 744 g/mol. The molecule has 16 nitrogen and oxygen atoms in total. The van der Waals surface area contributed by atoms with Crippen molar-refractivity contribution in [2.45, 2.75) is 91.0 Å². The van der Waals surface area contributed by atoms with Gasteiger partial charge in [0.05, 0.1) is 22.5 Å². The highest BCUT2D eigenvalue weighted by molar-refractivity contribution is 8.23. The minimum absolute atomic E-state index is 0.0242. The summed E-state index contributed by atoms with van der Waals surface area (Å²) in [4.78, 5) is 73.4. The van der Waals surface area contributed by atoms with E-state index in [1.165, 1.54) is 35.5 Å². The van der Waals surface area contributed by atoms with Crippen molar-refractivity contribution < 1.29 is 38.6 Å². The van der Waals surface area contributed by atoms with Gasteiger partial charge in [0.25, 0.3) is 0 Å². The fourth-order valence-electron chi connectivity index (χ4n) is 5.15. The zero-order valence-corrected chi connectivity index (χ0v) is 30.8. The Morgan fingerprint density at radius 3 is 2.22 bits per heavy atom. The average molecular weight is 745 g/mol. The quantitative estimate of drug-likeness (QED) is 0.106. The van der Waals surface area contributed by atoms with Crippen LogP contribution in [0.1, 0.15) is 78.3 Å². The van der Waals surface area contributed by atoms with E-state index in [9.17, 15) is 33.9 Å². The molecule has 2 aromatic rings. The molecule has 3 rings (SSSR count). The third-order valence-electron chi connectivity index (χ3n) is 7.94. The predicted octanol–water partition coefficient (Wildman–Crippen LogP) is 5.10. The number of thiocarbonyl (C=S) groups is 1. The maximum atomic E-state index is 13.1. The lowest BCUT2D eigenvalue weighted by molar-refractivity contribution is -0.148. The minimum Gasteiger partial charge on any atom is -0.487 e. The molecule has 0 saturated carbocycles. The first-order valence-corrected chi connectivity index (χ1v) is 17.8. The Hall–Kier alpha value is -4.58. The van der Waals surface area contributed by atoms with Gasteiger partial charge in [-0.3, -0.25) is 19.2 Å². The molecule has 1 aromatic heterocycles. The lowest BCUT2D eigenvalue weighted by atomic mass is 9.80. The van der Waals surface area contributed by atoms with Gasteiger partial charge in [-0.05, 0) is 90.5 Å². The number of carbonyl (C=O) groups is 6. The van der Waals surface area contributed by atoms with Crippen LogP contribution >= 0.6 is 24.0 Å². The van der Waals surface area contributed by atoms with Crippen molar-refractivity contribution in [3.8, 4) is 5.75 Å². The Labute approximate surface area is 305 Å². The average Bonchev–Trinajstić information content (AvgIpc) is 3.66. The van der Waals surface area contributed by atoms with E-state index < -0.39 is 29.4 Å². The normalized spacial score (nSPS) is 13.9. The molecule has 276 valence electrons. The molecule has 0 radical (unpaired) electrons. The van der Waals surface area contributed by atoms with Crippen LogP contribution in [0.2, 0.25) is 0 Å². The maximum Gasteiger partial charge on any atom is 0.375 e. The van der Waals surface area contributed by atoms with E-state index in [1.54, 1.807) is 39.1 Å². The predicted molar refractivity (Wildman–Crippen MR) is 193 cm³/mol. The number of unbranched alkanes of at least 4 members (excludes halogenated alkanes) is 2. The summed E-state index contributed by atoms with van der Waals surface area (Å²) in [5, 5.41) is 29.5. The van der Waals surface area contributed by atoms with Crippen molar-refractivity contribution in [3.05, 3.63) is 36.2 Å². The van der Waals surface area contributed by atoms with Gasteiger partial charge in [0.1, 0.15) is 30.4 Å². The number of thioether (sulfide) groups is 1. The number of ketones is 1. The molecule has 1 aromatic carbocycles. The Balaban J connectivity index is 1.33. The highest BCUT2D eigenvalue weighted by Gasteiger charge is 2.34. The summed E-state index contributed by atoms with van der Waals surface area (Å²) in [6.07, 6.45) is 5.52. The van der Waals surface area contributed by atoms with Gasteiger partial charge in [-0.1, -0.05) is 34.1 Å². The van der Waals surface area contributed by atoms with E-state index in [-0.39, 0.29) is 42.4 Å². The van der Waals surface area contributed by atoms with Gasteiger partial charge in [-0.25, -0.2) is 19.2 Å². The summed E-state index contributed by atoms with van der Waals surface area (Å²) in [6.45, 7) is 7.42. The number of carbonyl (C=O) groups excluding carboxylic acids is 5. The van der Waals surface area contributed by atoms with Crippen LogP contribution in [0.25, 0.3) is 0 Å². The molecule has 18 heteroatoms. The summed E-state index contributed by atoms with van der Waals surface area (Å²) in [6, 6.07) is 4.70. The SMILES string of the molecule is CC(=O)C(CCCC(CC(C)(C)C(=O)O)C(=O)NCCCCCNC(=O)Cn1cc(COc2ccc(N3C(=O)N=NC3=O)cc2)nn1)SC(C)=S. The molecule has 2 heterocycles. The van der Waals surface area contributed by atoms with Crippen molar-refractivity contribution in [1.29, 1.82) is 0 Å². The first kappa shape index (κ1) is 40.8. The van der Waals surface area contributed by atoms with Crippen LogP contribution in [-0.4, -0.2) is 78.3 Å². The summed E-state index contributed by atoms with van der Waals surface area (Å²) in [7, 11) is 0. The van der Waals surface area contributed by atoms with Gasteiger partial charge in [-0.15, -0.1) is 16.9 Å². The number of hydrogen-bond acceptors (Lipinski definition) is 11. The third kappa shape index (κ3) is 13.6. The number of ether oxygens (including phenoxy) is 1. The smallest absolute Gasteiger partial charge is 0.375 e. The van der Waals surface area contributed by atoms with E-state index in [2.05, 4.69) is 31.2 Å². The molecule has 6 amide bonds. The lowest BCUT2D eigenvalue weighted by Gasteiger charge is -2.26. The fraction of sp³-hybridized carbons (Fsp3) is 0.545. The lowest BCUT2D eigenvalue weighted by Crippen LogP contribution is -2.36. The summed E-state index contributed by atoms with van der Waals surface area (Å²) < 4.78 is 7.75. The Morgan fingerprint density at radius 1 is 0.961 bits per heavy atom. The van der Waals surface area contributed by atoms with Crippen LogP contribution in [-0.2, 0) is 32.3 Å². The van der Waals surface area contributed by atoms with Crippen molar-refractivity contribution >= 4 is 69.5 Å². The first-order chi connectivity index (χ1) is 24.2. The van der Waals surface area contributed by atoms with E-state index >= 15 is 0 Å². The van der Waals surface area contributed by atoms with Gasteiger partial charge >= 0.3 is 18.0 Å². The number of imide groups is 1. The summed E-state index contributed by atoms with van der Waals surface area (Å²) in [5.74, 6) is -1.43. The second kappa shape index (κ2) is 19.7. The molecule has 1 aliphatic heterocycles. The molecule has 2 unspecified atom stereocenters. The second-order valence-electron chi connectivity index (χ2n) is 12.7. The number of nitrogens with one attached hydrogen (secondary N) is 2. The van der Waals surface area contributed by atoms with Crippen LogP contribution in [0, 0.1) is 11.3 Å². The van der Waals surface area contributed by atoms with Crippen molar-refractivity contribution in [1.82, 2.24) is 25.6 Å². The number of amides is 6. The Kier molecular flexibility index (Phi) is 15.8. The van der Waals surface area contributed by atoms with Gasteiger partial charge in [0, 0.05) is 23.2 Å². The molecule has 1 aliphatic rings. The number of carboxylic acids is 1. The fourth-order valence-corrected chi connectivity index (χ4v) is 6.35. The Morgan fingerprint density at radius 2 is 1.61 bits per heavy atom. The number of hydrogen-bond donors (Lipinski definition) is 3. The van der Waals surface area contributed by atoms with Crippen LogP contribution < -0.4 is 20.3 Å². The van der Waals surface area contributed by atoms with E-state index in [4.69, 9.17) is 17.0 Å². The number of carboxylic acid groups (broad SMARTS) is 1. The van der Waals surface area contributed by atoms with E-state index in [0.29, 0.717) is 66.5 Å². The van der Waals surface area contributed by atoms with Gasteiger partial charge < -0.3 is 20.5 Å². The first-order valence-electron chi connectivity index (χ1n) is 16.5. The Bertz CT molecular complexity index is 1590. The molecule has 0 fully saturated rings. The number of urea groups is 2. The van der Waals surface area contributed by atoms with Crippen LogP contribution in [0.4, 0.5) is 15.3 Å². The van der Waals surface area contributed by atoms with Crippen molar-refractivity contribution in [3.63, 3.8) is 0 Å². The molecule has 3 N–H and O–H groups in total. The van der Waals surface area contributed by atoms with Gasteiger partial charge in [0.15, 0.2) is 0 Å². The maximum absolute atomic E-state index is 13.1. The van der Waals surface area contributed by atoms with Gasteiger partial charge in [0.2, 0.25) is 11.8 Å². The third-order valence-corrected chi connectivity index (χ3v) is 9.41. The molecule has 0 bridgehead atoms. The molecule has 2 atom stereocenters. The second-order valence-corrected chi connectivity index (χ2v) is 15.0. The number of Topliss-reactive ketones (excluding diaryl/α,β-unsaturated/α-hetero) is 1. The van der Waals surface area contributed by atoms with Gasteiger partial charge in [-0.2, -0.15) is 0 Å². The molecular formula is C33H44N8O8S2.